The van der Waals surface area contributed by atoms with Gasteiger partial charge in [-0.25, -0.2) is 9.97 Å². The summed E-state index contributed by atoms with van der Waals surface area (Å²) in [5.41, 5.74) is 0.0584. The minimum Gasteiger partial charge on any atom is -0.504 e. The van der Waals surface area contributed by atoms with Gasteiger partial charge in [-0.1, -0.05) is 30.3 Å². The van der Waals surface area contributed by atoms with Gasteiger partial charge >= 0.3 is 5.97 Å². The van der Waals surface area contributed by atoms with Crippen molar-refractivity contribution in [2.75, 3.05) is 13.2 Å². The monoisotopic (exact) mass is 519 g/mol. The van der Waals surface area contributed by atoms with Gasteiger partial charge in [0.05, 0.1) is 17.9 Å². The van der Waals surface area contributed by atoms with Crippen molar-refractivity contribution in [1.29, 1.82) is 0 Å². The molecule has 9 heteroatoms. The standard InChI is InChI=1S/C29H33N3O6/c1-3-37-25(33)18-30-28(35)26-27(34)19(2)31-24(32-26)17-20-13-15-29(36,16-14-20)21-9-11-23(12-10-21)38-22-7-5-4-6-8-22/h4-12,20,34,36H,3,13-18H2,1-2H3,(H,30,35). The highest BCUT2D eigenvalue weighted by molar-refractivity contribution is 5.96. The lowest BCUT2D eigenvalue weighted by Gasteiger charge is -2.36. The van der Waals surface area contributed by atoms with Gasteiger partial charge in [-0.05, 0) is 75.3 Å². The number of aryl methyl sites for hydroxylation is 1. The number of aromatic nitrogens is 2. The summed E-state index contributed by atoms with van der Waals surface area (Å²) in [7, 11) is 0. The molecule has 0 radical (unpaired) electrons. The van der Waals surface area contributed by atoms with Gasteiger partial charge in [0.25, 0.3) is 5.91 Å². The number of amides is 1. The quantitative estimate of drug-likeness (QED) is 0.359. The van der Waals surface area contributed by atoms with Gasteiger partial charge in [-0.3, -0.25) is 9.59 Å². The van der Waals surface area contributed by atoms with Crippen LogP contribution in [-0.4, -0.2) is 45.2 Å². The Morgan fingerprint density at radius 1 is 1.03 bits per heavy atom. The first-order chi connectivity index (χ1) is 18.3. The summed E-state index contributed by atoms with van der Waals surface area (Å²) in [4.78, 5) is 32.7. The van der Waals surface area contributed by atoms with Crippen molar-refractivity contribution in [1.82, 2.24) is 15.3 Å². The van der Waals surface area contributed by atoms with E-state index in [-0.39, 0.29) is 30.5 Å². The van der Waals surface area contributed by atoms with Crippen LogP contribution in [-0.2, 0) is 21.6 Å². The predicted molar refractivity (Wildman–Crippen MR) is 140 cm³/mol. The van der Waals surface area contributed by atoms with Crippen LogP contribution in [0.25, 0.3) is 0 Å². The van der Waals surface area contributed by atoms with Crippen molar-refractivity contribution in [2.24, 2.45) is 5.92 Å². The number of hydrogen-bond donors (Lipinski definition) is 3. The molecule has 1 saturated carbocycles. The third-order valence-electron chi connectivity index (χ3n) is 6.79. The van der Waals surface area contributed by atoms with E-state index >= 15 is 0 Å². The molecular weight excluding hydrogens is 486 g/mol. The highest BCUT2D eigenvalue weighted by atomic mass is 16.5. The lowest BCUT2D eigenvalue weighted by atomic mass is 9.74. The van der Waals surface area contributed by atoms with Crippen LogP contribution in [0.15, 0.2) is 54.6 Å². The van der Waals surface area contributed by atoms with Gasteiger partial charge in [0, 0.05) is 6.42 Å². The van der Waals surface area contributed by atoms with Gasteiger partial charge < -0.3 is 25.0 Å². The van der Waals surface area contributed by atoms with Crippen LogP contribution in [0, 0.1) is 12.8 Å². The highest BCUT2D eigenvalue weighted by Crippen LogP contribution is 2.41. The van der Waals surface area contributed by atoms with Crippen molar-refractivity contribution in [2.45, 2.75) is 51.6 Å². The summed E-state index contributed by atoms with van der Waals surface area (Å²) in [5, 5.41) is 24.1. The topological polar surface area (TPSA) is 131 Å². The summed E-state index contributed by atoms with van der Waals surface area (Å²) in [6, 6.07) is 17.1. The molecule has 0 unspecified atom stereocenters. The number of benzene rings is 2. The van der Waals surface area contributed by atoms with Gasteiger partial charge in [0.1, 0.15) is 23.9 Å². The molecular formula is C29H33N3O6. The van der Waals surface area contributed by atoms with Crippen LogP contribution in [0.1, 0.15) is 60.2 Å². The molecule has 0 aliphatic heterocycles. The number of carbonyl (C=O) groups excluding carboxylic acids is 2. The zero-order chi connectivity index (χ0) is 27.1. The largest absolute Gasteiger partial charge is 0.504 e. The molecule has 1 aliphatic rings. The minimum absolute atomic E-state index is 0.165. The first kappa shape index (κ1) is 27.1. The smallest absolute Gasteiger partial charge is 0.325 e. The lowest BCUT2D eigenvalue weighted by Crippen LogP contribution is -2.33. The van der Waals surface area contributed by atoms with Crippen molar-refractivity contribution >= 4 is 11.9 Å². The molecule has 3 N–H and O–H groups in total. The van der Waals surface area contributed by atoms with Crippen molar-refractivity contribution in [3.8, 4) is 17.2 Å². The summed E-state index contributed by atoms with van der Waals surface area (Å²) in [6.45, 7) is 3.18. The molecule has 2 aromatic carbocycles. The second-order valence-corrected chi connectivity index (χ2v) is 9.53. The Balaban J connectivity index is 1.36. The van der Waals surface area contributed by atoms with E-state index < -0.39 is 17.5 Å². The third-order valence-corrected chi connectivity index (χ3v) is 6.79. The third kappa shape index (κ3) is 6.66. The first-order valence-corrected chi connectivity index (χ1v) is 12.8. The molecule has 1 amide bonds. The zero-order valence-corrected chi connectivity index (χ0v) is 21.6. The average Bonchev–Trinajstić information content (AvgIpc) is 2.92. The van der Waals surface area contributed by atoms with Gasteiger partial charge in [-0.2, -0.15) is 0 Å². The molecule has 4 rings (SSSR count). The summed E-state index contributed by atoms with van der Waals surface area (Å²) in [5.74, 6) is 0.576. The van der Waals surface area contributed by atoms with E-state index in [2.05, 4.69) is 15.3 Å². The van der Waals surface area contributed by atoms with Crippen molar-refractivity contribution in [3.63, 3.8) is 0 Å². The van der Waals surface area contributed by atoms with Gasteiger partial charge in [0.15, 0.2) is 11.4 Å². The maximum Gasteiger partial charge on any atom is 0.325 e. The molecule has 200 valence electrons. The van der Waals surface area contributed by atoms with E-state index in [1.165, 1.54) is 0 Å². The molecule has 1 fully saturated rings. The number of rotatable bonds is 9. The van der Waals surface area contributed by atoms with Gasteiger partial charge in [0.2, 0.25) is 0 Å². The predicted octanol–water partition coefficient (Wildman–Crippen LogP) is 4.20. The first-order valence-electron chi connectivity index (χ1n) is 12.8. The number of nitrogens with one attached hydrogen (secondary N) is 1. The normalized spacial score (nSPS) is 19.0. The van der Waals surface area contributed by atoms with Crippen molar-refractivity contribution < 1.29 is 29.3 Å². The number of esters is 1. The summed E-state index contributed by atoms with van der Waals surface area (Å²) in [6.07, 6.45) is 3.19. The minimum atomic E-state index is -0.925. The number of nitrogens with zero attached hydrogens (tertiary/aromatic N) is 2. The van der Waals surface area contributed by atoms with E-state index in [4.69, 9.17) is 9.47 Å². The Hall–Kier alpha value is -3.98. The summed E-state index contributed by atoms with van der Waals surface area (Å²) >= 11 is 0. The zero-order valence-electron chi connectivity index (χ0n) is 21.6. The molecule has 38 heavy (non-hydrogen) atoms. The molecule has 3 aromatic rings. The van der Waals surface area contributed by atoms with Crippen LogP contribution >= 0.6 is 0 Å². The molecule has 9 nitrogen and oxygen atoms in total. The lowest BCUT2D eigenvalue weighted by molar-refractivity contribution is -0.141. The van der Waals surface area contributed by atoms with E-state index in [0.717, 1.165) is 24.2 Å². The maximum absolute atomic E-state index is 12.5. The molecule has 1 aromatic heterocycles. The Morgan fingerprint density at radius 2 is 1.68 bits per heavy atom. The van der Waals surface area contributed by atoms with Crippen LogP contribution in [0.5, 0.6) is 17.2 Å². The highest BCUT2D eigenvalue weighted by Gasteiger charge is 2.35. The van der Waals surface area contributed by atoms with E-state index in [9.17, 15) is 19.8 Å². The number of hydrogen-bond acceptors (Lipinski definition) is 8. The molecule has 0 saturated heterocycles. The van der Waals surface area contributed by atoms with Crippen LogP contribution in [0.2, 0.25) is 0 Å². The van der Waals surface area contributed by atoms with Crippen LogP contribution in [0.3, 0.4) is 0 Å². The molecule has 0 atom stereocenters. The molecule has 1 aliphatic carbocycles. The van der Waals surface area contributed by atoms with Crippen LogP contribution in [0.4, 0.5) is 0 Å². The second kappa shape index (κ2) is 12.0. The Bertz CT molecular complexity index is 1260. The Kier molecular flexibility index (Phi) is 8.58. The number of aromatic hydroxyl groups is 1. The number of ether oxygens (including phenoxy) is 2. The van der Waals surface area contributed by atoms with E-state index in [0.29, 0.717) is 36.5 Å². The van der Waals surface area contributed by atoms with E-state index in [1.807, 2.05) is 54.6 Å². The fourth-order valence-electron chi connectivity index (χ4n) is 4.69. The summed E-state index contributed by atoms with van der Waals surface area (Å²) < 4.78 is 10.7. The average molecular weight is 520 g/mol. The second-order valence-electron chi connectivity index (χ2n) is 9.53. The fourth-order valence-corrected chi connectivity index (χ4v) is 4.69. The molecule has 1 heterocycles. The van der Waals surface area contributed by atoms with Gasteiger partial charge in [-0.15, -0.1) is 0 Å². The Labute approximate surface area is 221 Å². The van der Waals surface area contributed by atoms with Crippen LogP contribution < -0.4 is 10.1 Å². The molecule has 0 spiro atoms. The number of para-hydroxylation sites is 1. The van der Waals surface area contributed by atoms with Crippen molar-refractivity contribution in [3.05, 3.63) is 77.4 Å². The number of carbonyl (C=O) groups is 2. The Morgan fingerprint density at radius 3 is 2.34 bits per heavy atom. The fraction of sp³-hybridized carbons (Fsp3) is 0.379. The SMILES string of the molecule is CCOC(=O)CNC(=O)c1nc(CC2CCC(O)(c3ccc(Oc4ccccc4)cc3)CC2)nc(C)c1O. The number of aliphatic hydroxyl groups is 1. The van der Waals surface area contributed by atoms with E-state index in [1.54, 1.807) is 13.8 Å². The maximum atomic E-state index is 12.5. The molecule has 0 bridgehead atoms.